The number of halogens is 2. The average molecular weight is 312 g/mol. The predicted molar refractivity (Wildman–Crippen MR) is 79.2 cm³/mol. The highest BCUT2D eigenvalue weighted by Crippen LogP contribution is 2.21. The van der Waals surface area contributed by atoms with Crippen LogP contribution in [0, 0.1) is 11.6 Å². The zero-order valence-electron chi connectivity index (χ0n) is 12.7. The van der Waals surface area contributed by atoms with E-state index < -0.39 is 17.7 Å². The maximum atomic E-state index is 13.8. The summed E-state index contributed by atoms with van der Waals surface area (Å²) >= 11 is 0. The van der Waals surface area contributed by atoms with E-state index in [1.165, 1.54) is 6.07 Å². The predicted octanol–water partition coefficient (Wildman–Crippen LogP) is 1.99. The molecule has 1 aromatic carbocycles. The summed E-state index contributed by atoms with van der Waals surface area (Å²) in [6.07, 6.45) is 1.19. The first-order chi connectivity index (χ1) is 10.5. The number of amides is 1. The zero-order valence-corrected chi connectivity index (χ0v) is 12.7. The Kier molecular flexibility index (Phi) is 5.85. The van der Waals surface area contributed by atoms with Gasteiger partial charge in [0.2, 0.25) is 5.91 Å². The van der Waals surface area contributed by atoms with Gasteiger partial charge in [0.1, 0.15) is 11.6 Å². The van der Waals surface area contributed by atoms with Crippen molar-refractivity contribution in [1.82, 2.24) is 10.2 Å². The number of carbonyl (C=O) groups excluding carboxylic acids is 1. The summed E-state index contributed by atoms with van der Waals surface area (Å²) in [5.74, 6) is -0.896. The maximum absolute atomic E-state index is 13.8. The van der Waals surface area contributed by atoms with Crippen LogP contribution in [-0.4, -0.2) is 41.7 Å². The molecule has 1 aliphatic heterocycles. The van der Waals surface area contributed by atoms with E-state index in [1.54, 1.807) is 4.90 Å². The number of nitrogens with one attached hydrogen (secondary N) is 1. The van der Waals surface area contributed by atoms with Gasteiger partial charge in [-0.2, -0.15) is 0 Å². The van der Waals surface area contributed by atoms with Crippen LogP contribution in [0.1, 0.15) is 37.8 Å². The Bertz CT molecular complexity index is 525. The molecule has 2 unspecified atom stereocenters. The van der Waals surface area contributed by atoms with Crippen molar-refractivity contribution >= 4 is 5.91 Å². The molecule has 1 heterocycles. The summed E-state index contributed by atoms with van der Waals surface area (Å²) in [5, 5.41) is 13.1. The molecule has 1 amide bonds. The van der Waals surface area contributed by atoms with Crippen LogP contribution in [0.15, 0.2) is 18.2 Å². The molecule has 4 nitrogen and oxygen atoms in total. The maximum Gasteiger partial charge on any atom is 0.222 e. The Balaban J connectivity index is 1.90. The minimum absolute atomic E-state index is 0.0577. The molecule has 0 aliphatic carbocycles. The first-order valence-electron chi connectivity index (χ1n) is 7.65. The molecular weight excluding hydrogens is 290 g/mol. The van der Waals surface area contributed by atoms with Crippen molar-refractivity contribution < 1.29 is 18.7 Å². The van der Waals surface area contributed by atoms with Gasteiger partial charge in [0.15, 0.2) is 0 Å². The van der Waals surface area contributed by atoms with Crippen molar-refractivity contribution in [2.45, 2.75) is 38.3 Å². The van der Waals surface area contributed by atoms with E-state index in [9.17, 15) is 18.7 Å². The number of aliphatic hydroxyl groups excluding tert-OH is 1. The van der Waals surface area contributed by atoms with Crippen LogP contribution in [0.4, 0.5) is 8.78 Å². The summed E-state index contributed by atoms with van der Waals surface area (Å²) in [6, 6.07) is 2.99. The van der Waals surface area contributed by atoms with E-state index in [2.05, 4.69) is 5.32 Å². The van der Waals surface area contributed by atoms with E-state index in [1.807, 2.05) is 6.92 Å². The number of benzene rings is 1. The van der Waals surface area contributed by atoms with E-state index in [4.69, 9.17) is 0 Å². The number of β-amino-alcohol motifs (C(OH)–C–C–N with tert-alkyl or cyclic N) is 1. The Morgan fingerprint density at radius 1 is 1.41 bits per heavy atom. The van der Waals surface area contributed by atoms with Crippen LogP contribution < -0.4 is 5.32 Å². The lowest BCUT2D eigenvalue weighted by Gasteiger charge is -2.23. The Morgan fingerprint density at radius 3 is 2.82 bits per heavy atom. The Hall–Kier alpha value is -1.53. The molecule has 1 fully saturated rings. The van der Waals surface area contributed by atoms with Crippen molar-refractivity contribution in [1.29, 1.82) is 0 Å². The average Bonchev–Trinajstić information content (AvgIpc) is 2.88. The fourth-order valence-electron chi connectivity index (χ4n) is 2.75. The molecule has 1 aliphatic rings. The highest BCUT2D eigenvalue weighted by atomic mass is 19.1. The van der Waals surface area contributed by atoms with Crippen LogP contribution in [0.5, 0.6) is 0 Å². The second-order valence-corrected chi connectivity index (χ2v) is 5.63. The summed E-state index contributed by atoms with van der Waals surface area (Å²) in [7, 11) is 0. The second-order valence-electron chi connectivity index (χ2n) is 5.63. The molecule has 2 rings (SSSR count). The molecule has 22 heavy (non-hydrogen) atoms. The van der Waals surface area contributed by atoms with Crippen molar-refractivity contribution in [2.24, 2.45) is 0 Å². The fourth-order valence-corrected chi connectivity index (χ4v) is 2.75. The number of nitrogens with zero attached hydrogens (tertiary/aromatic N) is 1. The summed E-state index contributed by atoms with van der Waals surface area (Å²) in [5.41, 5.74) is 0.256. The first kappa shape index (κ1) is 16.8. The lowest BCUT2D eigenvalue weighted by molar-refractivity contribution is -0.128. The third-order valence-corrected chi connectivity index (χ3v) is 3.94. The molecule has 1 aromatic rings. The number of hydrogen-bond donors (Lipinski definition) is 2. The van der Waals surface area contributed by atoms with E-state index in [0.29, 0.717) is 19.4 Å². The van der Waals surface area contributed by atoms with Gasteiger partial charge in [-0.25, -0.2) is 8.78 Å². The zero-order chi connectivity index (χ0) is 16.1. The monoisotopic (exact) mass is 312 g/mol. The van der Waals surface area contributed by atoms with Gasteiger partial charge >= 0.3 is 0 Å². The molecule has 122 valence electrons. The molecular formula is C16H22F2N2O2. The molecule has 0 spiro atoms. The van der Waals surface area contributed by atoms with Crippen LogP contribution >= 0.6 is 0 Å². The van der Waals surface area contributed by atoms with Gasteiger partial charge in [-0.1, -0.05) is 6.92 Å². The highest BCUT2D eigenvalue weighted by Gasteiger charge is 2.23. The van der Waals surface area contributed by atoms with Crippen LogP contribution in [0.2, 0.25) is 0 Å². The van der Waals surface area contributed by atoms with Crippen molar-refractivity contribution in [3.05, 3.63) is 35.4 Å². The summed E-state index contributed by atoms with van der Waals surface area (Å²) in [4.78, 5) is 13.1. The molecule has 6 heteroatoms. The lowest BCUT2D eigenvalue weighted by Crippen LogP contribution is -2.40. The Morgan fingerprint density at radius 2 is 2.18 bits per heavy atom. The van der Waals surface area contributed by atoms with Gasteiger partial charge in [0.25, 0.3) is 0 Å². The van der Waals surface area contributed by atoms with Gasteiger partial charge in [0, 0.05) is 37.7 Å². The van der Waals surface area contributed by atoms with Crippen molar-refractivity contribution in [3.63, 3.8) is 0 Å². The highest BCUT2D eigenvalue weighted by molar-refractivity contribution is 5.78. The van der Waals surface area contributed by atoms with Crippen LogP contribution in [0.25, 0.3) is 0 Å². The SMILES string of the molecule is CCC(NCC(O)CN1CCCC1=O)c1cc(F)ccc1F. The number of aliphatic hydroxyl groups is 1. The standard InChI is InChI=1S/C16H22F2N2O2/c1-2-15(13-8-11(17)5-6-14(13)18)19-9-12(21)10-20-7-3-4-16(20)22/h5-6,8,12,15,19,21H,2-4,7,9-10H2,1H3. The molecule has 2 N–H and O–H groups in total. The Labute approximate surface area is 129 Å². The number of carbonyl (C=O) groups is 1. The molecule has 1 saturated heterocycles. The number of rotatable bonds is 7. The van der Waals surface area contributed by atoms with E-state index >= 15 is 0 Å². The molecule has 0 saturated carbocycles. The van der Waals surface area contributed by atoms with Gasteiger partial charge in [0.05, 0.1) is 6.10 Å². The van der Waals surface area contributed by atoms with Gasteiger partial charge in [-0.15, -0.1) is 0 Å². The van der Waals surface area contributed by atoms with E-state index in [-0.39, 0.29) is 30.6 Å². The van der Waals surface area contributed by atoms with Crippen LogP contribution in [0.3, 0.4) is 0 Å². The summed E-state index contributed by atoms with van der Waals surface area (Å²) < 4.78 is 27.1. The van der Waals surface area contributed by atoms with Crippen molar-refractivity contribution in [2.75, 3.05) is 19.6 Å². The quantitative estimate of drug-likeness (QED) is 0.809. The number of likely N-dealkylation sites (tertiary alicyclic amines) is 1. The normalized spacial score (nSPS) is 17.8. The molecule has 0 bridgehead atoms. The minimum atomic E-state index is -0.729. The molecule has 0 radical (unpaired) electrons. The number of hydrogen-bond acceptors (Lipinski definition) is 3. The van der Waals surface area contributed by atoms with Gasteiger partial charge in [-0.05, 0) is 31.0 Å². The largest absolute Gasteiger partial charge is 0.390 e. The topological polar surface area (TPSA) is 52.6 Å². The van der Waals surface area contributed by atoms with Crippen LogP contribution in [-0.2, 0) is 4.79 Å². The second kappa shape index (κ2) is 7.65. The van der Waals surface area contributed by atoms with Gasteiger partial charge < -0.3 is 15.3 Å². The minimum Gasteiger partial charge on any atom is -0.390 e. The fraction of sp³-hybridized carbons (Fsp3) is 0.562. The summed E-state index contributed by atoms with van der Waals surface area (Å²) in [6.45, 7) is 3.02. The van der Waals surface area contributed by atoms with E-state index in [0.717, 1.165) is 18.6 Å². The third kappa shape index (κ3) is 4.24. The smallest absolute Gasteiger partial charge is 0.222 e. The lowest BCUT2D eigenvalue weighted by atomic mass is 10.0. The molecule has 0 aromatic heterocycles. The first-order valence-corrected chi connectivity index (χ1v) is 7.65. The van der Waals surface area contributed by atoms with Crippen molar-refractivity contribution in [3.8, 4) is 0 Å². The van der Waals surface area contributed by atoms with Gasteiger partial charge in [-0.3, -0.25) is 4.79 Å². The third-order valence-electron chi connectivity index (χ3n) is 3.94. The molecule has 2 atom stereocenters.